The molecule has 2 atom stereocenters. The van der Waals surface area contributed by atoms with Crippen LogP contribution in [0, 0.1) is 0 Å². The molecule has 2 aliphatic heterocycles. The first-order valence-corrected chi connectivity index (χ1v) is 7.32. The molecule has 0 amide bonds. The van der Waals surface area contributed by atoms with Gasteiger partial charge >= 0.3 is 6.18 Å². The zero-order valence-corrected chi connectivity index (χ0v) is 12.1. The highest BCUT2D eigenvalue weighted by Crippen LogP contribution is 2.33. The zero-order valence-electron chi connectivity index (χ0n) is 12.1. The topological polar surface area (TPSA) is 56.1 Å². The minimum atomic E-state index is -4.44. The second-order valence-corrected chi connectivity index (χ2v) is 5.70. The first-order valence-electron chi connectivity index (χ1n) is 7.32. The highest BCUT2D eigenvalue weighted by Gasteiger charge is 2.38. The fourth-order valence-electron chi connectivity index (χ4n) is 3.14. The maximum atomic E-state index is 12.8. The lowest BCUT2D eigenvalue weighted by Crippen LogP contribution is -2.48. The Kier molecular flexibility index (Phi) is 3.26. The van der Waals surface area contributed by atoms with Crippen molar-refractivity contribution < 1.29 is 17.9 Å². The lowest BCUT2D eigenvalue weighted by atomic mass is 10.0. The number of piperidine rings is 1. The molecule has 0 N–H and O–H groups in total. The number of hydrogen-bond acceptors (Lipinski definition) is 5. The molecule has 0 spiro atoms. The largest absolute Gasteiger partial charge is 0.433 e. The molecule has 0 radical (unpaired) electrons. The van der Waals surface area contributed by atoms with Crippen LogP contribution in [0.3, 0.4) is 0 Å². The van der Waals surface area contributed by atoms with Gasteiger partial charge in [-0.3, -0.25) is 0 Å². The van der Waals surface area contributed by atoms with Crippen LogP contribution >= 0.6 is 0 Å². The highest BCUT2D eigenvalue weighted by molar-refractivity contribution is 5.41. The molecule has 23 heavy (non-hydrogen) atoms. The summed E-state index contributed by atoms with van der Waals surface area (Å²) in [6.07, 6.45) is -2.08. The molecule has 0 saturated carbocycles. The van der Waals surface area contributed by atoms with Crippen LogP contribution in [-0.4, -0.2) is 39.2 Å². The van der Waals surface area contributed by atoms with Crippen LogP contribution in [-0.2, 0) is 17.5 Å². The summed E-state index contributed by atoms with van der Waals surface area (Å²) < 4.78 is 46.1. The van der Waals surface area contributed by atoms with Gasteiger partial charge in [0.2, 0.25) is 0 Å². The second-order valence-electron chi connectivity index (χ2n) is 5.70. The van der Waals surface area contributed by atoms with Gasteiger partial charge in [-0.05, 0) is 18.6 Å². The predicted molar refractivity (Wildman–Crippen MR) is 73.7 cm³/mol. The zero-order chi connectivity index (χ0) is 16.0. The van der Waals surface area contributed by atoms with Crippen LogP contribution in [0.5, 0.6) is 0 Å². The summed E-state index contributed by atoms with van der Waals surface area (Å²) in [5, 5.41) is 7.97. The number of anilines is 1. The van der Waals surface area contributed by atoms with Crippen molar-refractivity contribution in [3.8, 4) is 0 Å². The first kappa shape index (κ1) is 14.4. The van der Waals surface area contributed by atoms with Crippen molar-refractivity contribution in [1.29, 1.82) is 0 Å². The first-order chi connectivity index (χ1) is 11.0. The van der Waals surface area contributed by atoms with E-state index in [1.54, 1.807) is 12.3 Å². The summed E-state index contributed by atoms with van der Waals surface area (Å²) in [7, 11) is 0. The SMILES string of the molecule is FC(F)(F)c1cccc(N2CC[C@@H]3OCc4cnnn4[C@@H]3C2)n1. The molecule has 4 heterocycles. The molecule has 9 heteroatoms. The third-order valence-corrected chi connectivity index (χ3v) is 4.28. The van der Waals surface area contributed by atoms with Crippen LogP contribution in [0.15, 0.2) is 24.4 Å². The maximum Gasteiger partial charge on any atom is 0.433 e. The van der Waals surface area contributed by atoms with Crippen molar-refractivity contribution in [2.75, 3.05) is 18.0 Å². The lowest BCUT2D eigenvalue weighted by molar-refractivity contribution is -0.141. The Bertz CT molecular complexity index is 716. The quantitative estimate of drug-likeness (QED) is 0.803. The number of aromatic nitrogens is 4. The second kappa shape index (κ2) is 5.19. The molecule has 2 aromatic heterocycles. The number of alkyl halides is 3. The number of pyridine rings is 1. The van der Waals surface area contributed by atoms with Crippen LogP contribution in [0.1, 0.15) is 23.9 Å². The number of halogens is 3. The molecule has 4 rings (SSSR count). The molecule has 0 unspecified atom stereocenters. The predicted octanol–water partition coefficient (Wildman–Crippen LogP) is 2.04. The van der Waals surface area contributed by atoms with Gasteiger partial charge in [-0.1, -0.05) is 11.3 Å². The minimum Gasteiger partial charge on any atom is -0.370 e. The van der Waals surface area contributed by atoms with Crippen molar-refractivity contribution in [3.05, 3.63) is 35.8 Å². The Labute approximate surface area is 129 Å². The van der Waals surface area contributed by atoms with Gasteiger partial charge in [-0.2, -0.15) is 13.2 Å². The van der Waals surface area contributed by atoms with Gasteiger partial charge in [0.15, 0.2) is 0 Å². The van der Waals surface area contributed by atoms with Crippen molar-refractivity contribution in [3.63, 3.8) is 0 Å². The number of fused-ring (bicyclic) bond motifs is 3. The van der Waals surface area contributed by atoms with E-state index in [-0.39, 0.29) is 12.1 Å². The Balaban J connectivity index is 1.61. The summed E-state index contributed by atoms with van der Waals surface area (Å²) in [5.41, 5.74) is 0.00330. The summed E-state index contributed by atoms with van der Waals surface area (Å²) in [5.74, 6) is 0.325. The van der Waals surface area contributed by atoms with E-state index < -0.39 is 11.9 Å². The van der Waals surface area contributed by atoms with E-state index in [9.17, 15) is 13.2 Å². The van der Waals surface area contributed by atoms with E-state index in [4.69, 9.17) is 4.74 Å². The van der Waals surface area contributed by atoms with E-state index in [0.29, 0.717) is 31.9 Å². The van der Waals surface area contributed by atoms with Gasteiger partial charge in [0.1, 0.15) is 11.5 Å². The van der Waals surface area contributed by atoms with Crippen molar-refractivity contribution in [2.45, 2.75) is 31.3 Å². The van der Waals surface area contributed by atoms with Crippen LogP contribution in [0.4, 0.5) is 19.0 Å². The average Bonchev–Trinajstić information content (AvgIpc) is 3.03. The lowest BCUT2D eigenvalue weighted by Gasteiger charge is -2.41. The fourth-order valence-corrected chi connectivity index (χ4v) is 3.14. The Morgan fingerprint density at radius 1 is 1.26 bits per heavy atom. The van der Waals surface area contributed by atoms with E-state index >= 15 is 0 Å². The van der Waals surface area contributed by atoms with Crippen LogP contribution < -0.4 is 4.90 Å². The molecule has 6 nitrogen and oxygen atoms in total. The molecule has 2 aliphatic rings. The smallest absolute Gasteiger partial charge is 0.370 e. The standard InChI is InChI=1S/C14H14F3N5O/c15-14(16,17)12-2-1-3-13(19-12)21-5-4-11-10(7-21)22-9(8-23-11)6-18-20-22/h1-3,6,10-11H,4-5,7-8H2/t10-,11+/m1/s1. The van der Waals surface area contributed by atoms with Crippen molar-refractivity contribution in [2.24, 2.45) is 0 Å². The van der Waals surface area contributed by atoms with E-state index in [2.05, 4.69) is 15.3 Å². The number of rotatable bonds is 1. The van der Waals surface area contributed by atoms with E-state index in [1.807, 2.05) is 9.58 Å². The fraction of sp³-hybridized carbons (Fsp3) is 0.500. The van der Waals surface area contributed by atoms with Gasteiger partial charge in [0.05, 0.1) is 30.6 Å². The number of ether oxygens (including phenoxy) is 1. The van der Waals surface area contributed by atoms with Crippen LogP contribution in [0.2, 0.25) is 0 Å². The number of hydrogen-bond donors (Lipinski definition) is 0. The van der Waals surface area contributed by atoms with Crippen LogP contribution in [0.25, 0.3) is 0 Å². The normalized spacial score (nSPS) is 24.2. The molecule has 1 saturated heterocycles. The van der Waals surface area contributed by atoms with Gasteiger partial charge in [-0.25, -0.2) is 9.67 Å². The van der Waals surface area contributed by atoms with Gasteiger partial charge in [-0.15, -0.1) is 5.10 Å². The van der Waals surface area contributed by atoms with E-state index in [0.717, 1.165) is 11.8 Å². The Hall–Kier alpha value is -2.16. The third kappa shape index (κ3) is 2.54. The summed E-state index contributed by atoms with van der Waals surface area (Å²) in [6.45, 7) is 1.56. The number of nitrogens with zero attached hydrogens (tertiary/aromatic N) is 5. The molecule has 0 aromatic carbocycles. The molecule has 1 fully saturated rings. The summed E-state index contributed by atoms with van der Waals surface area (Å²) in [6, 6.07) is 3.90. The molecular formula is C14H14F3N5O. The highest BCUT2D eigenvalue weighted by atomic mass is 19.4. The molecule has 0 bridgehead atoms. The van der Waals surface area contributed by atoms with Gasteiger partial charge in [0.25, 0.3) is 0 Å². The average molecular weight is 325 g/mol. The van der Waals surface area contributed by atoms with Crippen molar-refractivity contribution in [1.82, 2.24) is 20.0 Å². The maximum absolute atomic E-state index is 12.8. The third-order valence-electron chi connectivity index (χ3n) is 4.28. The monoisotopic (exact) mass is 325 g/mol. The van der Waals surface area contributed by atoms with Gasteiger partial charge < -0.3 is 9.64 Å². The van der Waals surface area contributed by atoms with E-state index in [1.165, 1.54) is 6.07 Å². The van der Waals surface area contributed by atoms with Gasteiger partial charge in [0, 0.05) is 13.1 Å². The Morgan fingerprint density at radius 2 is 2.13 bits per heavy atom. The summed E-state index contributed by atoms with van der Waals surface area (Å²) >= 11 is 0. The molecular weight excluding hydrogens is 311 g/mol. The molecule has 2 aromatic rings. The minimum absolute atomic E-state index is 0.00579. The van der Waals surface area contributed by atoms with Crippen molar-refractivity contribution >= 4 is 5.82 Å². The molecule has 0 aliphatic carbocycles. The molecule has 122 valence electrons. The summed E-state index contributed by atoms with van der Waals surface area (Å²) in [4.78, 5) is 5.61. The Morgan fingerprint density at radius 3 is 2.96 bits per heavy atom.